The van der Waals surface area contributed by atoms with Crippen molar-refractivity contribution in [3.05, 3.63) is 127 Å². The molecule has 0 bridgehead atoms. The van der Waals surface area contributed by atoms with Crippen molar-refractivity contribution in [2.45, 2.75) is 6.92 Å². The third kappa shape index (κ3) is 2.71. The van der Waals surface area contributed by atoms with Crippen LogP contribution in [-0.4, -0.2) is 0 Å². The molecule has 0 saturated carbocycles. The number of anilines is 3. The van der Waals surface area contributed by atoms with E-state index in [1.807, 2.05) is 128 Å². The van der Waals surface area contributed by atoms with Crippen LogP contribution in [0.4, 0.5) is 17.1 Å². The van der Waals surface area contributed by atoms with Crippen LogP contribution in [0.2, 0.25) is 0 Å². The molecule has 0 N–H and O–H groups in total. The Kier molecular flexibility index (Phi) is 4.61. The molecule has 2 unspecified atom stereocenters. The van der Waals surface area contributed by atoms with Crippen LogP contribution in [-0.2, 0) is 9.13 Å². The first-order valence-electron chi connectivity index (χ1n) is 12.0. The highest BCUT2D eigenvalue weighted by Crippen LogP contribution is 2.60. The van der Waals surface area contributed by atoms with Gasteiger partial charge in [0.2, 0.25) is 0 Å². The molecule has 3 nitrogen and oxygen atoms in total. The summed E-state index contributed by atoms with van der Waals surface area (Å²) < 4.78 is 30.8. The molecule has 2 aliphatic heterocycles. The van der Waals surface area contributed by atoms with Gasteiger partial charge in [0.25, 0.3) is 0 Å². The number of hydrogen-bond acceptors (Lipinski definition) is 3. The highest BCUT2D eigenvalue weighted by Gasteiger charge is 2.49. The number of rotatable bonds is 2. The van der Waals surface area contributed by atoms with Gasteiger partial charge in [-0.3, -0.25) is 0 Å². The second-order valence-corrected chi connectivity index (χ2v) is 14.8. The second-order valence-electron chi connectivity index (χ2n) is 9.35. The molecular formula is C31H23NO2P2. The van der Waals surface area contributed by atoms with Gasteiger partial charge < -0.3 is 14.0 Å². The van der Waals surface area contributed by atoms with Gasteiger partial charge in [0, 0.05) is 31.8 Å². The molecule has 0 spiro atoms. The third-order valence-electron chi connectivity index (χ3n) is 7.28. The number of nitrogens with zero attached hydrogens (tertiary/aromatic N) is 1. The minimum atomic E-state index is -3.24. The summed E-state index contributed by atoms with van der Waals surface area (Å²) in [5.41, 5.74) is 3.52. The SMILES string of the molecule is Cc1cc2c3c(c1)P(=O)(c1ccccc1)c1ccccc1N3c1ccccc1P2(=O)c1ccccc1. The van der Waals surface area contributed by atoms with Crippen molar-refractivity contribution < 1.29 is 9.13 Å². The van der Waals surface area contributed by atoms with Gasteiger partial charge in [0.15, 0.2) is 14.3 Å². The third-order valence-corrected chi connectivity index (χ3v) is 13.5. The summed E-state index contributed by atoms with van der Waals surface area (Å²) in [4.78, 5) is 2.19. The maximum absolute atomic E-state index is 15.4. The predicted molar refractivity (Wildman–Crippen MR) is 152 cm³/mol. The molecule has 5 aromatic rings. The van der Waals surface area contributed by atoms with Gasteiger partial charge >= 0.3 is 0 Å². The second kappa shape index (κ2) is 7.68. The first-order valence-corrected chi connectivity index (χ1v) is 15.4. The van der Waals surface area contributed by atoms with Crippen LogP contribution in [0.1, 0.15) is 5.56 Å². The quantitative estimate of drug-likeness (QED) is 0.298. The Morgan fingerprint density at radius 2 is 0.889 bits per heavy atom. The first kappa shape index (κ1) is 21.6. The zero-order chi connectivity index (χ0) is 24.5. The van der Waals surface area contributed by atoms with Crippen molar-refractivity contribution in [3.63, 3.8) is 0 Å². The number of aryl methyl sites for hydroxylation is 1. The molecule has 2 aliphatic rings. The number of para-hydroxylation sites is 2. The van der Waals surface area contributed by atoms with Crippen LogP contribution in [0.3, 0.4) is 0 Å². The van der Waals surface area contributed by atoms with Gasteiger partial charge in [-0.15, -0.1) is 0 Å². The Morgan fingerprint density at radius 3 is 1.33 bits per heavy atom. The van der Waals surface area contributed by atoms with E-state index in [0.29, 0.717) is 0 Å². The maximum Gasteiger partial charge on any atom is 0.175 e. The van der Waals surface area contributed by atoms with Crippen molar-refractivity contribution >= 4 is 63.2 Å². The molecule has 7 rings (SSSR count). The van der Waals surface area contributed by atoms with Gasteiger partial charge in [0.05, 0.1) is 17.1 Å². The van der Waals surface area contributed by atoms with Crippen molar-refractivity contribution in [2.75, 3.05) is 4.90 Å². The average molecular weight is 503 g/mol. The van der Waals surface area contributed by atoms with E-state index in [-0.39, 0.29) is 0 Å². The molecule has 0 amide bonds. The van der Waals surface area contributed by atoms with E-state index in [9.17, 15) is 0 Å². The summed E-state index contributed by atoms with van der Waals surface area (Å²) in [6.45, 7) is 2.01. The highest BCUT2D eigenvalue weighted by molar-refractivity contribution is 7.88. The van der Waals surface area contributed by atoms with Crippen LogP contribution in [0.5, 0.6) is 0 Å². The fourth-order valence-corrected chi connectivity index (χ4v) is 12.1. The monoisotopic (exact) mass is 503 g/mol. The summed E-state index contributed by atoms with van der Waals surface area (Å²) in [6, 6.07) is 39.5. The molecule has 2 atom stereocenters. The minimum Gasteiger partial charge on any atom is -0.308 e. The molecule has 2 heterocycles. The predicted octanol–water partition coefficient (Wildman–Crippen LogP) is 5.37. The van der Waals surface area contributed by atoms with Gasteiger partial charge in [-0.25, -0.2) is 0 Å². The fourth-order valence-electron chi connectivity index (χ4n) is 5.75. The summed E-state index contributed by atoms with van der Waals surface area (Å²) in [7, 11) is -6.48. The Morgan fingerprint density at radius 1 is 0.500 bits per heavy atom. The number of fused-ring (bicyclic) bond motifs is 4. The van der Waals surface area contributed by atoms with Gasteiger partial charge in [0.1, 0.15) is 0 Å². The van der Waals surface area contributed by atoms with Crippen molar-refractivity contribution in [1.29, 1.82) is 0 Å². The molecule has 174 valence electrons. The highest BCUT2D eigenvalue weighted by atomic mass is 31.2. The number of hydrogen-bond donors (Lipinski definition) is 0. The van der Waals surface area contributed by atoms with Crippen LogP contribution in [0.15, 0.2) is 121 Å². The van der Waals surface area contributed by atoms with Crippen LogP contribution in [0, 0.1) is 6.92 Å². The minimum absolute atomic E-state index is 0.757. The maximum atomic E-state index is 15.4. The molecule has 0 saturated heterocycles. The molecule has 5 heteroatoms. The van der Waals surface area contributed by atoms with Crippen LogP contribution in [0.25, 0.3) is 0 Å². The van der Waals surface area contributed by atoms with E-state index in [1.165, 1.54) is 0 Å². The lowest BCUT2D eigenvalue weighted by molar-refractivity contribution is 0.592. The van der Waals surface area contributed by atoms with E-state index in [1.54, 1.807) is 0 Å². The Bertz CT molecular complexity index is 1640. The molecular weight excluding hydrogens is 480 g/mol. The van der Waals surface area contributed by atoms with Crippen molar-refractivity contribution in [1.82, 2.24) is 0 Å². The molecule has 0 fully saturated rings. The van der Waals surface area contributed by atoms with Gasteiger partial charge in [-0.2, -0.15) is 0 Å². The molecule has 0 aromatic heterocycles. The molecule has 0 aliphatic carbocycles. The normalized spacial score (nSPS) is 21.3. The average Bonchev–Trinajstić information content (AvgIpc) is 2.94. The fraction of sp³-hybridized carbons (Fsp3) is 0.0323. The van der Waals surface area contributed by atoms with E-state index in [2.05, 4.69) is 4.90 Å². The smallest absolute Gasteiger partial charge is 0.175 e. The van der Waals surface area contributed by atoms with Crippen molar-refractivity contribution in [3.8, 4) is 0 Å². The standard InChI is InChI=1S/C31H23NO2P2/c1-22-20-29-31-30(21-22)36(34,24-14-6-3-7-15-24)28-19-11-9-17-26(28)32(31)25-16-8-10-18-27(25)35(29,33)23-12-4-2-5-13-23/h2-21H,1H3. The lowest BCUT2D eigenvalue weighted by Crippen LogP contribution is -2.46. The largest absolute Gasteiger partial charge is 0.308 e. The Hall–Kier alpha value is -3.64. The van der Waals surface area contributed by atoms with E-state index in [4.69, 9.17) is 0 Å². The van der Waals surface area contributed by atoms with E-state index in [0.717, 1.165) is 54.5 Å². The van der Waals surface area contributed by atoms with Crippen LogP contribution >= 0.6 is 14.3 Å². The number of benzene rings is 5. The Labute approximate surface area is 210 Å². The lowest BCUT2D eigenvalue weighted by Gasteiger charge is -2.44. The first-order chi connectivity index (χ1) is 17.5. The van der Waals surface area contributed by atoms with E-state index >= 15 is 9.13 Å². The van der Waals surface area contributed by atoms with E-state index < -0.39 is 14.3 Å². The summed E-state index contributed by atoms with van der Waals surface area (Å²) in [6.07, 6.45) is 0. The van der Waals surface area contributed by atoms with Crippen LogP contribution < -0.4 is 36.7 Å². The summed E-state index contributed by atoms with van der Waals surface area (Å²) in [5, 5.41) is 4.72. The molecule has 36 heavy (non-hydrogen) atoms. The topological polar surface area (TPSA) is 37.4 Å². The molecule has 0 radical (unpaired) electrons. The Balaban J connectivity index is 1.69. The summed E-state index contributed by atoms with van der Waals surface area (Å²) in [5.74, 6) is 0. The zero-order valence-electron chi connectivity index (χ0n) is 19.7. The lowest BCUT2D eigenvalue weighted by atomic mass is 10.1. The zero-order valence-corrected chi connectivity index (χ0v) is 21.5. The molecule has 5 aromatic carbocycles. The van der Waals surface area contributed by atoms with Crippen molar-refractivity contribution in [2.24, 2.45) is 0 Å². The summed E-state index contributed by atoms with van der Waals surface area (Å²) >= 11 is 0. The van der Waals surface area contributed by atoms with Gasteiger partial charge in [-0.1, -0.05) is 84.9 Å². The van der Waals surface area contributed by atoms with Gasteiger partial charge in [-0.05, 0) is 48.9 Å².